The maximum Gasteiger partial charge on any atom is 0.272 e. The van der Waals surface area contributed by atoms with Gasteiger partial charge in [0.25, 0.3) is 5.91 Å². The van der Waals surface area contributed by atoms with E-state index in [1.165, 1.54) is 17.0 Å². The van der Waals surface area contributed by atoms with Crippen molar-refractivity contribution in [2.75, 3.05) is 14.1 Å². The topological polar surface area (TPSA) is 67.2 Å². The molecule has 1 atom stereocenters. The van der Waals surface area contributed by atoms with E-state index in [2.05, 4.69) is 10.4 Å². The molecule has 1 N–H and O–H groups in total. The average Bonchev–Trinajstić information content (AvgIpc) is 3.23. The third-order valence-electron chi connectivity index (χ3n) is 4.97. The van der Waals surface area contributed by atoms with Crippen LogP contribution >= 0.6 is 0 Å². The van der Waals surface area contributed by atoms with E-state index >= 15 is 0 Å². The number of fused-ring (bicyclic) bond motifs is 1. The fourth-order valence-electron chi connectivity index (χ4n) is 3.65. The Labute approximate surface area is 164 Å². The van der Waals surface area contributed by atoms with Gasteiger partial charge in [-0.3, -0.25) is 9.59 Å². The lowest BCUT2D eigenvalue weighted by Gasteiger charge is -2.23. The Hall–Kier alpha value is -2.70. The number of carbonyl (C=O) groups is 2. The molecule has 7 heteroatoms. The molecule has 1 aromatic heterocycles. The van der Waals surface area contributed by atoms with Crippen molar-refractivity contribution in [3.05, 3.63) is 47.0 Å². The minimum absolute atomic E-state index is 0.128. The lowest BCUT2D eigenvalue weighted by Crippen LogP contribution is -2.47. The maximum absolute atomic E-state index is 13.3. The van der Waals surface area contributed by atoms with Gasteiger partial charge in [-0.2, -0.15) is 5.10 Å². The molecule has 0 bridgehead atoms. The Bertz CT molecular complexity index is 871. The van der Waals surface area contributed by atoms with Crippen LogP contribution in [0, 0.1) is 11.7 Å². The highest BCUT2D eigenvalue weighted by atomic mass is 19.1. The van der Waals surface area contributed by atoms with E-state index in [4.69, 9.17) is 0 Å². The summed E-state index contributed by atoms with van der Waals surface area (Å²) in [6.45, 7) is 4.03. The van der Waals surface area contributed by atoms with Crippen molar-refractivity contribution in [1.29, 1.82) is 0 Å². The van der Waals surface area contributed by atoms with Gasteiger partial charge < -0.3 is 10.2 Å². The van der Waals surface area contributed by atoms with Crippen molar-refractivity contribution >= 4 is 11.8 Å². The summed E-state index contributed by atoms with van der Waals surface area (Å²) < 4.78 is 15.0. The van der Waals surface area contributed by atoms with Crippen molar-refractivity contribution in [3.63, 3.8) is 0 Å². The van der Waals surface area contributed by atoms with Crippen LogP contribution in [0.5, 0.6) is 0 Å². The van der Waals surface area contributed by atoms with Gasteiger partial charge in [-0.25, -0.2) is 9.07 Å². The standard InChI is InChI=1S/C21H27FN4O2/c1-13(2)12-17(21(28)25(3)4)23-20(27)19-16-6-5-7-18(16)26(24-19)15-10-8-14(22)9-11-15/h8-11,13,17H,5-7,12H2,1-4H3,(H,23,27)/t17-/m0/s1. The first-order valence-corrected chi connectivity index (χ1v) is 9.66. The molecule has 1 aromatic carbocycles. The lowest BCUT2D eigenvalue weighted by atomic mass is 10.0. The molecular weight excluding hydrogens is 359 g/mol. The number of nitrogens with zero attached hydrogens (tertiary/aromatic N) is 3. The summed E-state index contributed by atoms with van der Waals surface area (Å²) in [5.41, 5.74) is 2.98. The fourth-order valence-corrected chi connectivity index (χ4v) is 3.65. The number of hydrogen-bond donors (Lipinski definition) is 1. The molecule has 28 heavy (non-hydrogen) atoms. The summed E-state index contributed by atoms with van der Waals surface area (Å²) in [7, 11) is 3.37. The molecule has 1 aliphatic rings. The number of likely N-dealkylation sites (N-methyl/N-ethyl adjacent to an activating group) is 1. The zero-order valence-corrected chi connectivity index (χ0v) is 16.8. The number of nitrogens with one attached hydrogen (secondary N) is 1. The number of carbonyl (C=O) groups excluding carboxylic acids is 2. The van der Waals surface area contributed by atoms with Crippen LogP contribution in [0.4, 0.5) is 4.39 Å². The Morgan fingerprint density at radius 2 is 1.89 bits per heavy atom. The Morgan fingerprint density at radius 1 is 1.21 bits per heavy atom. The van der Waals surface area contributed by atoms with Crippen molar-refractivity contribution in [1.82, 2.24) is 20.0 Å². The summed E-state index contributed by atoms with van der Waals surface area (Å²) in [6, 6.07) is 5.48. The quantitative estimate of drug-likeness (QED) is 0.830. The highest BCUT2D eigenvalue weighted by Crippen LogP contribution is 2.28. The van der Waals surface area contributed by atoms with Crippen molar-refractivity contribution < 1.29 is 14.0 Å². The number of benzene rings is 1. The largest absolute Gasteiger partial charge is 0.347 e. The van der Waals surface area contributed by atoms with Crippen LogP contribution < -0.4 is 5.32 Å². The Balaban J connectivity index is 1.90. The molecule has 6 nitrogen and oxygen atoms in total. The van der Waals surface area contributed by atoms with Gasteiger partial charge in [0, 0.05) is 25.4 Å². The predicted octanol–water partition coefficient (Wildman–Crippen LogP) is 2.73. The summed E-state index contributed by atoms with van der Waals surface area (Å²) in [5.74, 6) is -0.516. The molecular formula is C21H27FN4O2. The average molecular weight is 386 g/mol. The molecule has 2 amide bonds. The second-order valence-corrected chi connectivity index (χ2v) is 7.90. The smallest absolute Gasteiger partial charge is 0.272 e. The highest BCUT2D eigenvalue weighted by molar-refractivity contribution is 5.97. The minimum atomic E-state index is -0.587. The molecule has 0 saturated carbocycles. The van der Waals surface area contributed by atoms with Gasteiger partial charge in [-0.1, -0.05) is 13.8 Å². The molecule has 0 unspecified atom stereocenters. The molecule has 0 fully saturated rings. The van der Waals surface area contributed by atoms with E-state index in [0.29, 0.717) is 12.1 Å². The molecule has 3 rings (SSSR count). The van der Waals surface area contributed by atoms with Crippen LogP contribution in [0.3, 0.4) is 0 Å². The van der Waals surface area contributed by atoms with Gasteiger partial charge in [0.1, 0.15) is 11.9 Å². The van der Waals surface area contributed by atoms with Gasteiger partial charge in [-0.05, 0) is 55.9 Å². The first-order valence-electron chi connectivity index (χ1n) is 9.66. The predicted molar refractivity (Wildman–Crippen MR) is 105 cm³/mol. The summed E-state index contributed by atoms with van der Waals surface area (Å²) in [4.78, 5) is 27.0. The third-order valence-corrected chi connectivity index (χ3v) is 4.97. The van der Waals surface area contributed by atoms with Gasteiger partial charge >= 0.3 is 0 Å². The lowest BCUT2D eigenvalue weighted by molar-refractivity contribution is -0.131. The van der Waals surface area contributed by atoms with E-state index in [-0.39, 0.29) is 23.5 Å². The van der Waals surface area contributed by atoms with Crippen LogP contribution in [0.2, 0.25) is 0 Å². The van der Waals surface area contributed by atoms with Gasteiger partial charge in [0.15, 0.2) is 5.69 Å². The number of aromatic nitrogens is 2. The Kier molecular flexibility index (Phi) is 5.82. The molecule has 0 aliphatic heterocycles. The molecule has 0 spiro atoms. The molecule has 0 saturated heterocycles. The fraction of sp³-hybridized carbons (Fsp3) is 0.476. The molecule has 2 aromatic rings. The molecule has 150 valence electrons. The summed E-state index contributed by atoms with van der Waals surface area (Å²) in [6.07, 6.45) is 3.10. The number of hydrogen-bond acceptors (Lipinski definition) is 3. The van der Waals surface area contributed by atoms with E-state index in [1.54, 1.807) is 30.9 Å². The van der Waals surface area contributed by atoms with Crippen LogP contribution in [0.1, 0.15) is 48.4 Å². The van der Waals surface area contributed by atoms with E-state index in [0.717, 1.165) is 36.2 Å². The molecule has 0 radical (unpaired) electrons. The maximum atomic E-state index is 13.3. The van der Waals surface area contributed by atoms with Gasteiger partial charge in [-0.15, -0.1) is 0 Å². The van der Waals surface area contributed by atoms with Crippen LogP contribution in [0.15, 0.2) is 24.3 Å². The normalized spacial score (nSPS) is 14.1. The number of halogens is 1. The SMILES string of the molecule is CC(C)C[C@H](NC(=O)c1nn(-c2ccc(F)cc2)c2c1CCC2)C(=O)N(C)C. The number of rotatable bonds is 6. The first-order chi connectivity index (χ1) is 13.3. The second-order valence-electron chi connectivity index (χ2n) is 7.90. The van der Waals surface area contributed by atoms with Crippen molar-refractivity contribution in [2.45, 2.75) is 45.6 Å². The third kappa shape index (κ3) is 4.08. The summed E-state index contributed by atoms with van der Waals surface area (Å²) >= 11 is 0. The van der Waals surface area contributed by atoms with E-state index < -0.39 is 6.04 Å². The second kappa shape index (κ2) is 8.12. The summed E-state index contributed by atoms with van der Waals surface area (Å²) in [5, 5.41) is 7.41. The molecule has 1 heterocycles. The van der Waals surface area contributed by atoms with Crippen molar-refractivity contribution in [3.8, 4) is 5.69 Å². The van der Waals surface area contributed by atoms with E-state index in [1.807, 2.05) is 13.8 Å². The first kappa shape index (κ1) is 20.0. The van der Waals surface area contributed by atoms with Crippen LogP contribution in [-0.2, 0) is 17.6 Å². The zero-order valence-electron chi connectivity index (χ0n) is 16.8. The minimum Gasteiger partial charge on any atom is -0.347 e. The van der Waals surface area contributed by atoms with Crippen LogP contribution in [0.25, 0.3) is 5.69 Å². The number of amides is 2. The monoisotopic (exact) mass is 386 g/mol. The van der Waals surface area contributed by atoms with Gasteiger partial charge in [0.05, 0.1) is 5.69 Å². The Morgan fingerprint density at radius 3 is 2.50 bits per heavy atom. The van der Waals surface area contributed by atoms with Crippen molar-refractivity contribution in [2.24, 2.45) is 5.92 Å². The highest BCUT2D eigenvalue weighted by Gasteiger charge is 2.30. The van der Waals surface area contributed by atoms with E-state index in [9.17, 15) is 14.0 Å². The van der Waals surface area contributed by atoms with Crippen LogP contribution in [-0.4, -0.2) is 46.6 Å². The zero-order chi connectivity index (χ0) is 20.4. The molecule has 1 aliphatic carbocycles. The van der Waals surface area contributed by atoms with Gasteiger partial charge in [0.2, 0.25) is 5.91 Å².